The van der Waals surface area contributed by atoms with Crippen LogP contribution in [0.1, 0.15) is 41.5 Å². The molecule has 194 valence electrons. The lowest BCUT2D eigenvalue weighted by Crippen LogP contribution is -2.15. The summed E-state index contributed by atoms with van der Waals surface area (Å²) >= 11 is 12.3. The van der Waals surface area contributed by atoms with Crippen LogP contribution in [0.25, 0.3) is 0 Å². The van der Waals surface area contributed by atoms with Gasteiger partial charge in [0.15, 0.2) is 0 Å². The first kappa shape index (κ1) is 27.9. The summed E-state index contributed by atoms with van der Waals surface area (Å²) in [7, 11) is 1.07. The number of alkyl halides is 3. The first-order chi connectivity index (χ1) is 17.2. The summed E-state index contributed by atoms with van der Waals surface area (Å²) < 4.78 is 43.9. The summed E-state index contributed by atoms with van der Waals surface area (Å²) in [4.78, 5) is 48.3. The van der Waals surface area contributed by atoms with Gasteiger partial charge in [0, 0.05) is 11.6 Å². The van der Waals surface area contributed by atoms with Crippen molar-refractivity contribution >= 4 is 68.7 Å². The van der Waals surface area contributed by atoms with E-state index < -0.39 is 40.1 Å². The molecular formula is C22H14Cl2F3N3O6S. The van der Waals surface area contributed by atoms with E-state index in [0.29, 0.717) is 17.4 Å². The Hall–Kier alpha value is -3.68. The molecule has 0 saturated carbocycles. The fourth-order valence-electron chi connectivity index (χ4n) is 3.11. The molecule has 2 aromatic carbocycles. The second-order valence-electron chi connectivity index (χ2n) is 7.28. The van der Waals surface area contributed by atoms with E-state index in [1.807, 2.05) is 0 Å². The average Bonchev–Trinajstić information content (AvgIpc) is 3.14. The van der Waals surface area contributed by atoms with Crippen LogP contribution in [0.3, 0.4) is 0 Å². The van der Waals surface area contributed by atoms with Crippen LogP contribution in [0.15, 0.2) is 36.4 Å². The molecule has 9 nitrogen and oxygen atoms in total. The molecule has 0 radical (unpaired) electrons. The van der Waals surface area contributed by atoms with Gasteiger partial charge < -0.3 is 15.4 Å². The van der Waals surface area contributed by atoms with Crippen LogP contribution in [0.5, 0.6) is 0 Å². The predicted octanol–water partition coefficient (Wildman–Crippen LogP) is 6.58. The Morgan fingerprint density at radius 3 is 2.27 bits per heavy atom. The first-order valence-corrected chi connectivity index (χ1v) is 11.5. The summed E-state index contributed by atoms with van der Waals surface area (Å²) in [5.74, 6) is -2.68. The maximum absolute atomic E-state index is 13.1. The van der Waals surface area contributed by atoms with Gasteiger partial charge in [0.25, 0.3) is 17.5 Å². The van der Waals surface area contributed by atoms with E-state index in [1.54, 1.807) is 0 Å². The number of anilines is 2. The molecule has 2 N–H and O–H groups in total. The molecule has 2 amide bonds. The number of nitrogens with zero attached hydrogens (tertiary/aromatic N) is 1. The van der Waals surface area contributed by atoms with Gasteiger partial charge >= 0.3 is 12.1 Å². The Kier molecular flexibility index (Phi) is 8.10. The van der Waals surface area contributed by atoms with Crippen LogP contribution in [-0.4, -0.2) is 29.8 Å². The van der Waals surface area contributed by atoms with Crippen molar-refractivity contribution in [1.29, 1.82) is 0 Å². The SMILES string of the molecule is COC(=O)c1c(NC(=O)c2ccc(Cl)c([N+](=O)[O-])c2)sc(C(=O)Nc2cc(C(F)(F)F)ccc2Cl)c1C. The quantitative estimate of drug-likeness (QED) is 0.194. The van der Waals surface area contributed by atoms with Gasteiger partial charge in [-0.2, -0.15) is 13.2 Å². The lowest BCUT2D eigenvalue weighted by molar-refractivity contribution is -0.384. The molecule has 0 aliphatic carbocycles. The Morgan fingerprint density at radius 2 is 1.68 bits per heavy atom. The first-order valence-electron chi connectivity index (χ1n) is 9.89. The molecule has 0 saturated heterocycles. The fraction of sp³-hybridized carbons (Fsp3) is 0.136. The molecule has 3 aromatic rings. The molecule has 0 spiro atoms. The van der Waals surface area contributed by atoms with Crippen LogP contribution < -0.4 is 10.6 Å². The molecule has 0 aliphatic heterocycles. The molecule has 0 atom stereocenters. The number of thiophene rings is 1. The second-order valence-corrected chi connectivity index (χ2v) is 9.11. The molecule has 0 bridgehead atoms. The number of nitro groups is 1. The number of benzene rings is 2. The zero-order chi connectivity index (χ0) is 27.7. The van der Waals surface area contributed by atoms with E-state index in [9.17, 15) is 37.7 Å². The topological polar surface area (TPSA) is 128 Å². The Labute approximate surface area is 220 Å². The molecule has 3 rings (SSSR count). The summed E-state index contributed by atoms with van der Waals surface area (Å²) in [5.41, 5.74) is -2.19. The van der Waals surface area contributed by atoms with Crippen molar-refractivity contribution in [3.05, 3.63) is 83.7 Å². The molecule has 1 heterocycles. The fourth-order valence-corrected chi connectivity index (χ4v) is 4.55. The van der Waals surface area contributed by atoms with Crippen LogP contribution in [0.4, 0.5) is 29.5 Å². The summed E-state index contributed by atoms with van der Waals surface area (Å²) in [5, 5.41) is 15.3. The number of nitrogens with one attached hydrogen (secondary N) is 2. The zero-order valence-electron chi connectivity index (χ0n) is 18.7. The van der Waals surface area contributed by atoms with Crippen LogP contribution in [0, 0.1) is 17.0 Å². The number of nitro benzene ring substituents is 1. The number of halogens is 5. The number of methoxy groups -OCH3 is 1. The van der Waals surface area contributed by atoms with Crippen molar-refractivity contribution in [2.75, 3.05) is 17.7 Å². The number of esters is 1. The highest BCUT2D eigenvalue weighted by molar-refractivity contribution is 7.19. The van der Waals surface area contributed by atoms with Crippen molar-refractivity contribution in [3.8, 4) is 0 Å². The number of carbonyl (C=O) groups excluding carboxylic acids is 3. The van der Waals surface area contributed by atoms with E-state index in [-0.39, 0.29) is 42.3 Å². The van der Waals surface area contributed by atoms with Gasteiger partial charge in [-0.1, -0.05) is 23.2 Å². The van der Waals surface area contributed by atoms with Crippen molar-refractivity contribution in [2.24, 2.45) is 0 Å². The molecule has 37 heavy (non-hydrogen) atoms. The maximum atomic E-state index is 13.1. The van der Waals surface area contributed by atoms with E-state index in [4.69, 9.17) is 27.9 Å². The molecule has 15 heteroatoms. The Bertz CT molecular complexity index is 1440. The third-order valence-corrected chi connectivity index (χ3v) is 6.77. The summed E-state index contributed by atoms with van der Waals surface area (Å²) in [6, 6.07) is 5.66. The van der Waals surface area contributed by atoms with Crippen LogP contribution in [0.2, 0.25) is 10.0 Å². The van der Waals surface area contributed by atoms with Gasteiger partial charge in [0.05, 0.1) is 38.7 Å². The standard InChI is InChI=1S/C22H14Cl2F3N3O6S/c1-9-16(21(33)36-2)20(29-18(31)10-3-5-13(24)15(7-10)30(34)35)37-17(9)19(32)28-14-8-11(22(25,26)27)4-6-12(14)23/h3-8H,1-2H3,(H,28,32)(H,29,31). The second kappa shape index (κ2) is 10.7. The van der Waals surface area contributed by atoms with Gasteiger partial charge in [-0.15, -0.1) is 11.3 Å². The minimum Gasteiger partial charge on any atom is -0.465 e. The number of rotatable bonds is 6. The van der Waals surface area contributed by atoms with Crippen molar-refractivity contribution in [3.63, 3.8) is 0 Å². The van der Waals surface area contributed by atoms with Gasteiger partial charge in [-0.3, -0.25) is 19.7 Å². The molecule has 1 aromatic heterocycles. The number of ether oxygens (including phenoxy) is 1. The minimum atomic E-state index is -4.69. The zero-order valence-corrected chi connectivity index (χ0v) is 21.0. The van der Waals surface area contributed by atoms with E-state index in [2.05, 4.69) is 10.6 Å². The molecule has 0 aliphatic rings. The minimum absolute atomic E-state index is 0.0647. The molecular weight excluding hydrogens is 562 g/mol. The normalized spacial score (nSPS) is 11.1. The monoisotopic (exact) mass is 575 g/mol. The number of hydrogen-bond acceptors (Lipinski definition) is 7. The third-order valence-electron chi connectivity index (χ3n) is 4.92. The summed E-state index contributed by atoms with van der Waals surface area (Å²) in [6.07, 6.45) is -4.69. The molecule has 0 fully saturated rings. The van der Waals surface area contributed by atoms with Gasteiger partial charge in [-0.25, -0.2) is 4.79 Å². The molecule has 0 unspecified atom stereocenters. The third kappa shape index (κ3) is 6.01. The maximum Gasteiger partial charge on any atom is 0.416 e. The lowest BCUT2D eigenvalue weighted by atomic mass is 10.1. The number of amides is 2. The summed E-state index contributed by atoms with van der Waals surface area (Å²) in [6.45, 7) is 1.37. The van der Waals surface area contributed by atoms with Crippen LogP contribution in [-0.2, 0) is 10.9 Å². The highest BCUT2D eigenvalue weighted by Gasteiger charge is 2.32. The number of hydrogen-bond donors (Lipinski definition) is 2. The van der Waals surface area contributed by atoms with Gasteiger partial charge in [-0.05, 0) is 42.8 Å². The van der Waals surface area contributed by atoms with Crippen molar-refractivity contribution in [1.82, 2.24) is 0 Å². The van der Waals surface area contributed by atoms with E-state index >= 15 is 0 Å². The Morgan fingerprint density at radius 1 is 1.03 bits per heavy atom. The van der Waals surface area contributed by atoms with E-state index in [0.717, 1.165) is 31.4 Å². The Balaban J connectivity index is 1.98. The smallest absolute Gasteiger partial charge is 0.416 e. The lowest BCUT2D eigenvalue weighted by Gasteiger charge is -2.11. The average molecular weight is 576 g/mol. The number of carbonyl (C=O) groups is 3. The van der Waals surface area contributed by atoms with Gasteiger partial charge in [0.1, 0.15) is 10.0 Å². The van der Waals surface area contributed by atoms with Crippen LogP contribution >= 0.6 is 34.5 Å². The highest BCUT2D eigenvalue weighted by Crippen LogP contribution is 2.37. The van der Waals surface area contributed by atoms with Crippen molar-refractivity contribution in [2.45, 2.75) is 13.1 Å². The van der Waals surface area contributed by atoms with Gasteiger partial charge in [0.2, 0.25) is 0 Å². The highest BCUT2D eigenvalue weighted by atomic mass is 35.5. The van der Waals surface area contributed by atoms with Crippen molar-refractivity contribution < 1.29 is 37.2 Å². The largest absolute Gasteiger partial charge is 0.465 e. The van der Waals surface area contributed by atoms with E-state index in [1.165, 1.54) is 13.0 Å². The predicted molar refractivity (Wildman–Crippen MR) is 131 cm³/mol.